The molecular weight excluding hydrogens is 226 g/mol. The minimum absolute atomic E-state index is 0.0175. The van der Waals surface area contributed by atoms with Crippen LogP contribution in [0.5, 0.6) is 0 Å². The van der Waals surface area contributed by atoms with E-state index in [0.29, 0.717) is 6.08 Å². The summed E-state index contributed by atoms with van der Waals surface area (Å²) in [7, 11) is 0. The summed E-state index contributed by atoms with van der Waals surface area (Å²) in [4.78, 5) is 11.6. The Morgan fingerprint density at radius 3 is 1.65 bits per heavy atom. The third-order valence-corrected chi connectivity index (χ3v) is 3.41. The largest absolute Gasteiger partial charge is 0.509 e. The van der Waals surface area contributed by atoms with Crippen molar-refractivity contribution in [3.05, 3.63) is 11.8 Å². The van der Waals surface area contributed by atoms with E-state index in [1.807, 2.05) is 0 Å². The van der Waals surface area contributed by atoms with Gasteiger partial charge < -0.3 is 5.11 Å². The molecule has 100 valence electrons. The zero-order valence-corrected chi connectivity index (χ0v) is 11.0. The average molecular weight is 248 g/mol. The molecule has 0 aromatic carbocycles. The number of hydrogen-bond acceptors (Lipinski definition) is 2. The lowest BCUT2D eigenvalue weighted by Crippen LogP contribution is -2.33. The third kappa shape index (κ3) is 3.51. The van der Waals surface area contributed by atoms with E-state index in [1.165, 1.54) is 0 Å². The van der Waals surface area contributed by atoms with Crippen molar-refractivity contribution in [2.45, 2.75) is 64.7 Å². The van der Waals surface area contributed by atoms with Gasteiger partial charge in [0.2, 0.25) is 0 Å². The first-order chi connectivity index (χ1) is 7.79. The number of halogens is 2. The fourth-order valence-corrected chi connectivity index (χ4v) is 1.59. The van der Waals surface area contributed by atoms with Crippen LogP contribution in [0.15, 0.2) is 11.8 Å². The zero-order valence-electron chi connectivity index (χ0n) is 11.0. The van der Waals surface area contributed by atoms with E-state index in [-0.39, 0.29) is 25.7 Å². The van der Waals surface area contributed by atoms with E-state index in [4.69, 9.17) is 0 Å². The Bertz CT molecular complexity index is 290. The van der Waals surface area contributed by atoms with Crippen molar-refractivity contribution in [3.8, 4) is 0 Å². The number of carbonyl (C=O) groups is 1. The molecule has 0 atom stereocenters. The predicted octanol–water partition coefficient (Wildman–Crippen LogP) is 4.05. The smallest absolute Gasteiger partial charge is 0.196 e. The van der Waals surface area contributed by atoms with Crippen LogP contribution in [0.3, 0.4) is 0 Å². The summed E-state index contributed by atoms with van der Waals surface area (Å²) >= 11 is 0. The molecule has 0 bridgehead atoms. The van der Waals surface area contributed by atoms with Gasteiger partial charge in [-0.2, -0.15) is 0 Å². The minimum Gasteiger partial charge on any atom is -0.509 e. The van der Waals surface area contributed by atoms with Crippen LogP contribution in [-0.2, 0) is 4.79 Å². The molecule has 0 heterocycles. The number of hydrogen-bond donors (Lipinski definition) is 1. The van der Waals surface area contributed by atoms with Gasteiger partial charge in [0, 0.05) is 6.08 Å². The topological polar surface area (TPSA) is 37.3 Å². The highest BCUT2D eigenvalue weighted by atomic mass is 19.1. The molecule has 0 aromatic rings. The van der Waals surface area contributed by atoms with Crippen LogP contribution in [0.1, 0.15) is 53.4 Å². The lowest BCUT2D eigenvalue weighted by molar-refractivity contribution is -0.126. The summed E-state index contributed by atoms with van der Waals surface area (Å²) < 4.78 is 28.0. The number of rotatable bonds is 7. The lowest BCUT2D eigenvalue weighted by Gasteiger charge is -2.23. The van der Waals surface area contributed by atoms with Gasteiger partial charge in [-0.1, -0.05) is 27.7 Å². The second-order valence-corrected chi connectivity index (χ2v) is 4.24. The van der Waals surface area contributed by atoms with Gasteiger partial charge in [0.05, 0.1) is 0 Å². The van der Waals surface area contributed by atoms with Crippen molar-refractivity contribution in [1.82, 2.24) is 0 Å². The highest BCUT2D eigenvalue weighted by Crippen LogP contribution is 2.30. The van der Waals surface area contributed by atoms with Crippen LogP contribution >= 0.6 is 0 Å². The summed E-state index contributed by atoms with van der Waals surface area (Å²) in [5.74, 6) is -1.53. The van der Waals surface area contributed by atoms with E-state index in [2.05, 4.69) is 0 Å². The number of allylic oxidation sites excluding steroid dienone is 2. The maximum atomic E-state index is 14.0. The Hall–Kier alpha value is -0.930. The van der Waals surface area contributed by atoms with Crippen molar-refractivity contribution in [2.75, 3.05) is 0 Å². The first-order valence-electron chi connectivity index (χ1n) is 6.13. The van der Waals surface area contributed by atoms with Gasteiger partial charge in [-0.3, -0.25) is 4.79 Å². The average Bonchev–Trinajstić information content (AvgIpc) is 2.36. The van der Waals surface area contributed by atoms with Crippen molar-refractivity contribution in [1.29, 1.82) is 0 Å². The van der Waals surface area contributed by atoms with E-state index in [1.54, 1.807) is 27.7 Å². The van der Waals surface area contributed by atoms with Crippen LogP contribution in [0.2, 0.25) is 0 Å². The first kappa shape index (κ1) is 16.1. The lowest BCUT2D eigenvalue weighted by atomic mass is 9.90. The predicted molar refractivity (Wildman–Crippen MR) is 64.6 cm³/mol. The molecule has 4 heteroatoms. The molecular formula is C13H22F2O2. The van der Waals surface area contributed by atoms with Crippen molar-refractivity contribution in [2.24, 2.45) is 0 Å². The van der Waals surface area contributed by atoms with Gasteiger partial charge in [0.1, 0.15) is 5.76 Å². The molecule has 0 spiro atoms. The number of carbonyl (C=O) groups excluding carboxylic acids is 1. The van der Waals surface area contributed by atoms with Crippen LogP contribution in [0.4, 0.5) is 8.78 Å². The van der Waals surface area contributed by atoms with Crippen LogP contribution in [0, 0.1) is 0 Å². The number of aliphatic hydroxyl groups excluding tert-OH is 1. The van der Waals surface area contributed by atoms with Crippen LogP contribution in [0.25, 0.3) is 0 Å². The fourth-order valence-electron chi connectivity index (χ4n) is 1.59. The molecule has 0 amide bonds. The van der Waals surface area contributed by atoms with Crippen molar-refractivity contribution < 1.29 is 18.7 Å². The summed E-state index contributed by atoms with van der Waals surface area (Å²) in [5, 5.41) is 9.59. The third-order valence-electron chi connectivity index (χ3n) is 3.41. The second kappa shape index (κ2) is 6.12. The second-order valence-electron chi connectivity index (χ2n) is 4.24. The fraction of sp³-hybridized carbons (Fsp3) is 0.769. The Morgan fingerprint density at radius 1 is 1.00 bits per heavy atom. The Kier molecular flexibility index (Phi) is 5.79. The standard InChI is InChI=1S/C13H22F2O2/c1-5-12(14,6-2)10(16)9-11(17)13(15,7-3)8-4/h9,16H,5-8H2,1-4H3. The maximum Gasteiger partial charge on any atom is 0.196 e. The molecule has 17 heavy (non-hydrogen) atoms. The quantitative estimate of drug-likeness (QED) is 0.545. The number of aliphatic hydroxyl groups is 1. The Balaban J connectivity index is 5.10. The molecule has 0 saturated heterocycles. The molecule has 0 radical (unpaired) electrons. The first-order valence-corrected chi connectivity index (χ1v) is 6.13. The highest BCUT2D eigenvalue weighted by Gasteiger charge is 2.36. The van der Waals surface area contributed by atoms with E-state index in [0.717, 1.165) is 0 Å². The number of ketones is 1. The van der Waals surface area contributed by atoms with Gasteiger partial charge in [-0.25, -0.2) is 8.78 Å². The van der Waals surface area contributed by atoms with E-state index in [9.17, 15) is 18.7 Å². The van der Waals surface area contributed by atoms with Crippen molar-refractivity contribution >= 4 is 5.78 Å². The summed E-state index contributed by atoms with van der Waals surface area (Å²) in [6, 6.07) is 0. The summed E-state index contributed by atoms with van der Waals surface area (Å²) in [5.41, 5.74) is -3.94. The van der Waals surface area contributed by atoms with Gasteiger partial charge in [-0.05, 0) is 25.7 Å². The van der Waals surface area contributed by atoms with Gasteiger partial charge in [0.25, 0.3) is 0 Å². The molecule has 0 aliphatic carbocycles. The van der Waals surface area contributed by atoms with Crippen LogP contribution < -0.4 is 0 Å². The van der Waals surface area contributed by atoms with Gasteiger partial charge >= 0.3 is 0 Å². The molecule has 0 fully saturated rings. The van der Waals surface area contributed by atoms with Crippen molar-refractivity contribution in [3.63, 3.8) is 0 Å². The summed E-state index contributed by atoms with van der Waals surface area (Å²) in [6.07, 6.45) is 0.848. The molecule has 0 saturated carbocycles. The van der Waals surface area contributed by atoms with E-state index < -0.39 is 22.9 Å². The molecule has 1 N–H and O–H groups in total. The molecule has 0 aromatic heterocycles. The highest BCUT2D eigenvalue weighted by molar-refractivity contribution is 5.97. The summed E-state index contributed by atoms with van der Waals surface area (Å²) in [6.45, 7) is 6.24. The molecule has 0 rings (SSSR count). The molecule has 0 aliphatic rings. The monoisotopic (exact) mass is 248 g/mol. The Morgan fingerprint density at radius 2 is 1.35 bits per heavy atom. The minimum atomic E-state index is -2.00. The molecule has 2 nitrogen and oxygen atoms in total. The van der Waals surface area contributed by atoms with Crippen LogP contribution in [-0.4, -0.2) is 22.2 Å². The maximum absolute atomic E-state index is 14.0. The van der Waals surface area contributed by atoms with E-state index >= 15 is 0 Å². The zero-order chi connectivity index (χ0) is 13.7. The van der Waals surface area contributed by atoms with Gasteiger partial charge in [0.15, 0.2) is 17.1 Å². The van der Waals surface area contributed by atoms with Gasteiger partial charge in [-0.15, -0.1) is 0 Å². The normalized spacial score (nSPS) is 13.9. The number of alkyl halides is 2. The SMILES string of the molecule is CCC(F)(CC)C(=O)C=C(O)C(F)(CC)CC. The molecule has 0 aliphatic heterocycles. The Labute approximate surface area is 102 Å². The molecule has 0 unspecified atom stereocenters.